The molecule has 2 heterocycles. The quantitative estimate of drug-likeness (QED) is 0.731. The number of aromatic nitrogens is 2. The van der Waals surface area contributed by atoms with Gasteiger partial charge in [-0.1, -0.05) is 23.2 Å². The molecule has 3 rings (SSSR count). The van der Waals surface area contributed by atoms with E-state index in [1.807, 2.05) is 26.0 Å². The van der Waals surface area contributed by atoms with Gasteiger partial charge in [0.25, 0.3) is 0 Å². The molecule has 1 aliphatic rings. The molecule has 0 aliphatic carbocycles. The Balaban J connectivity index is 1.92. The van der Waals surface area contributed by atoms with Crippen LogP contribution in [0.15, 0.2) is 18.2 Å². The van der Waals surface area contributed by atoms with E-state index in [0.717, 1.165) is 36.5 Å². The summed E-state index contributed by atoms with van der Waals surface area (Å²) in [6.07, 6.45) is 1.63. The van der Waals surface area contributed by atoms with Crippen LogP contribution in [0, 0.1) is 6.92 Å². The summed E-state index contributed by atoms with van der Waals surface area (Å²) in [7, 11) is 1.69. The van der Waals surface area contributed by atoms with Crippen molar-refractivity contribution in [3.63, 3.8) is 0 Å². The van der Waals surface area contributed by atoms with Crippen LogP contribution < -0.4 is 9.64 Å². The molecule has 1 aliphatic heterocycles. The number of methoxy groups -OCH3 is 1. The third kappa shape index (κ3) is 4.00. The van der Waals surface area contributed by atoms with Crippen LogP contribution in [-0.2, 0) is 11.2 Å². The maximum atomic E-state index is 6.38. The SMILES string of the molecule is COCCC(C)Oc1nc(C)nc2c1CCN2c1ccc(Cl)cc1Cl. The smallest absolute Gasteiger partial charge is 0.222 e. The number of fused-ring (bicyclic) bond motifs is 1. The fourth-order valence-corrected chi connectivity index (χ4v) is 3.40. The van der Waals surface area contributed by atoms with Crippen LogP contribution in [-0.4, -0.2) is 36.3 Å². The lowest BCUT2D eigenvalue weighted by molar-refractivity contribution is 0.131. The van der Waals surface area contributed by atoms with Crippen molar-refractivity contribution in [3.8, 4) is 5.88 Å². The number of benzene rings is 1. The Morgan fingerprint density at radius 2 is 2.08 bits per heavy atom. The van der Waals surface area contributed by atoms with Crippen LogP contribution in [0.4, 0.5) is 11.5 Å². The molecule has 0 saturated carbocycles. The van der Waals surface area contributed by atoms with Crippen molar-refractivity contribution in [1.82, 2.24) is 9.97 Å². The van der Waals surface area contributed by atoms with Crippen LogP contribution in [0.3, 0.4) is 0 Å². The third-order valence-electron chi connectivity index (χ3n) is 4.14. The summed E-state index contributed by atoms with van der Waals surface area (Å²) in [6, 6.07) is 5.49. The normalized spacial score (nSPS) is 14.5. The van der Waals surface area contributed by atoms with Gasteiger partial charge < -0.3 is 14.4 Å². The van der Waals surface area contributed by atoms with Gasteiger partial charge in [-0.3, -0.25) is 0 Å². The Kier molecular flexibility index (Phi) is 5.67. The van der Waals surface area contributed by atoms with Gasteiger partial charge in [-0.2, -0.15) is 4.98 Å². The van der Waals surface area contributed by atoms with Crippen LogP contribution >= 0.6 is 23.2 Å². The van der Waals surface area contributed by atoms with E-state index in [9.17, 15) is 0 Å². The number of hydrogen-bond donors (Lipinski definition) is 0. The summed E-state index contributed by atoms with van der Waals surface area (Å²) in [6.45, 7) is 5.32. The highest BCUT2D eigenvalue weighted by Crippen LogP contribution is 2.40. The molecule has 25 heavy (non-hydrogen) atoms. The van der Waals surface area contributed by atoms with E-state index in [4.69, 9.17) is 32.7 Å². The van der Waals surface area contributed by atoms with Crippen LogP contribution in [0.1, 0.15) is 24.7 Å². The average Bonchev–Trinajstić information content (AvgIpc) is 2.96. The van der Waals surface area contributed by atoms with E-state index in [0.29, 0.717) is 28.4 Å². The number of ether oxygens (including phenoxy) is 2. The second-order valence-corrected chi connectivity index (χ2v) is 6.93. The predicted octanol–water partition coefficient (Wildman–Crippen LogP) is 4.59. The van der Waals surface area contributed by atoms with Crippen molar-refractivity contribution in [1.29, 1.82) is 0 Å². The fraction of sp³-hybridized carbons (Fsp3) is 0.444. The van der Waals surface area contributed by atoms with Crippen LogP contribution in [0.5, 0.6) is 5.88 Å². The minimum atomic E-state index is 0.0199. The molecule has 0 bridgehead atoms. The summed E-state index contributed by atoms with van der Waals surface area (Å²) in [5.41, 5.74) is 1.90. The Morgan fingerprint density at radius 3 is 2.80 bits per heavy atom. The molecule has 0 amide bonds. The van der Waals surface area contributed by atoms with Crippen molar-refractivity contribution in [2.24, 2.45) is 0 Å². The van der Waals surface area contributed by atoms with Gasteiger partial charge in [0.15, 0.2) is 0 Å². The lowest BCUT2D eigenvalue weighted by atomic mass is 10.2. The summed E-state index contributed by atoms with van der Waals surface area (Å²) in [5.74, 6) is 2.18. The standard InChI is InChI=1S/C18H21Cl2N3O2/c1-11(7-9-24-3)25-18-14-6-8-23(17(14)21-12(2)22-18)16-5-4-13(19)10-15(16)20/h4-5,10-11H,6-9H2,1-3H3. The van der Waals surface area contributed by atoms with E-state index >= 15 is 0 Å². The highest BCUT2D eigenvalue weighted by atomic mass is 35.5. The maximum absolute atomic E-state index is 6.38. The zero-order valence-electron chi connectivity index (χ0n) is 14.6. The summed E-state index contributed by atoms with van der Waals surface area (Å²) >= 11 is 12.4. The van der Waals surface area contributed by atoms with E-state index in [1.165, 1.54) is 0 Å². The summed E-state index contributed by atoms with van der Waals surface area (Å²) < 4.78 is 11.2. The minimum Gasteiger partial charge on any atom is -0.474 e. The summed E-state index contributed by atoms with van der Waals surface area (Å²) in [4.78, 5) is 11.2. The molecule has 1 unspecified atom stereocenters. The number of halogens is 2. The molecule has 7 heteroatoms. The van der Waals surface area contributed by atoms with Gasteiger partial charge in [0.2, 0.25) is 5.88 Å². The van der Waals surface area contributed by atoms with Crippen molar-refractivity contribution in [2.45, 2.75) is 32.8 Å². The van der Waals surface area contributed by atoms with Gasteiger partial charge in [0.05, 0.1) is 22.4 Å². The molecule has 0 spiro atoms. The van der Waals surface area contributed by atoms with Gasteiger partial charge >= 0.3 is 0 Å². The van der Waals surface area contributed by atoms with Crippen LogP contribution in [0.25, 0.3) is 0 Å². The zero-order valence-corrected chi connectivity index (χ0v) is 16.1. The number of rotatable bonds is 6. The Hall–Kier alpha value is -1.56. The molecule has 0 saturated heterocycles. The van der Waals surface area contributed by atoms with Crippen molar-refractivity contribution < 1.29 is 9.47 Å². The first-order chi connectivity index (χ1) is 12.0. The molecule has 0 fully saturated rings. The molecule has 1 aromatic carbocycles. The van der Waals surface area contributed by atoms with Crippen molar-refractivity contribution in [2.75, 3.05) is 25.2 Å². The molecule has 0 N–H and O–H groups in total. The Morgan fingerprint density at radius 1 is 1.28 bits per heavy atom. The monoisotopic (exact) mass is 381 g/mol. The van der Waals surface area contributed by atoms with Crippen molar-refractivity contribution in [3.05, 3.63) is 39.6 Å². The van der Waals surface area contributed by atoms with E-state index in [1.54, 1.807) is 13.2 Å². The molecule has 2 aromatic rings. The highest BCUT2D eigenvalue weighted by molar-refractivity contribution is 6.36. The number of hydrogen-bond acceptors (Lipinski definition) is 5. The maximum Gasteiger partial charge on any atom is 0.222 e. The number of aryl methyl sites for hydroxylation is 1. The van der Waals surface area contributed by atoms with E-state index in [2.05, 4.69) is 14.9 Å². The lowest BCUT2D eigenvalue weighted by Crippen LogP contribution is -2.17. The second-order valence-electron chi connectivity index (χ2n) is 6.09. The minimum absolute atomic E-state index is 0.0199. The van der Waals surface area contributed by atoms with Crippen molar-refractivity contribution >= 4 is 34.7 Å². The Bertz CT molecular complexity index is 770. The molecule has 5 nitrogen and oxygen atoms in total. The fourth-order valence-electron chi connectivity index (χ4n) is 2.89. The first-order valence-corrected chi connectivity index (χ1v) is 9.01. The molecule has 0 radical (unpaired) electrons. The molecular weight excluding hydrogens is 361 g/mol. The zero-order chi connectivity index (χ0) is 18.0. The van der Waals surface area contributed by atoms with Gasteiger partial charge in [-0.25, -0.2) is 4.98 Å². The lowest BCUT2D eigenvalue weighted by Gasteiger charge is -2.21. The largest absolute Gasteiger partial charge is 0.474 e. The van der Waals surface area contributed by atoms with Gasteiger partial charge in [0.1, 0.15) is 11.6 Å². The average molecular weight is 382 g/mol. The Labute approximate surface area is 157 Å². The molecular formula is C18H21Cl2N3O2. The number of nitrogens with zero attached hydrogens (tertiary/aromatic N) is 3. The molecule has 1 aromatic heterocycles. The highest BCUT2D eigenvalue weighted by Gasteiger charge is 2.29. The van der Waals surface area contributed by atoms with Gasteiger partial charge in [-0.15, -0.1) is 0 Å². The predicted molar refractivity (Wildman–Crippen MR) is 101 cm³/mol. The first kappa shape index (κ1) is 18.2. The number of anilines is 2. The van der Waals surface area contributed by atoms with Gasteiger partial charge in [-0.05, 0) is 38.5 Å². The summed E-state index contributed by atoms with van der Waals surface area (Å²) in [5, 5.41) is 1.22. The van der Waals surface area contributed by atoms with Crippen LogP contribution in [0.2, 0.25) is 10.0 Å². The molecule has 134 valence electrons. The van der Waals surface area contributed by atoms with Gasteiger partial charge in [0, 0.05) is 31.7 Å². The molecule has 1 atom stereocenters. The van der Waals surface area contributed by atoms with E-state index < -0.39 is 0 Å². The first-order valence-electron chi connectivity index (χ1n) is 8.25. The second kappa shape index (κ2) is 7.77. The topological polar surface area (TPSA) is 47.5 Å². The third-order valence-corrected chi connectivity index (χ3v) is 4.68. The van der Waals surface area contributed by atoms with E-state index in [-0.39, 0.29) is 6.10 Å².